The molecule has 0 unspecified atom stereocenters. The van der Waals surface area contributed by atoms with E-state index in [0.717, 1.165) is 30.8 Å². The molecule has 76 valence electrons. The molecule has 3 nitrogen and oxygen atoms in total. The summed E-state index contributed by atoms with van der Waals surface area (Å²) in [5.41, 5.74) is 1.11. The normalized spacial score (nSPS) is 21.9. The van der Waals surface area contributed by atoms with E-state index < -0.39 is 0 Å². The summed E-state index contributed by atoms with van der Waals surface area (Å²) >= 11 is 0. The van der Waals surface area contributed by atoms with Crippen LogP contribution in [-0.2, 0) is 0 Å². The van der Waals surface area contributed by atoms with Gasteiger partial charge in [-0.2, -0.15) is 0 Å². The Morgan fingerprint density at radius 1 is 1.57 bits per heavy atom. The average Bonchev–Trinajstić information content (AvgIpc) is 2.23. The third-order valence-electron chi connectivity index (χ3n) is 2.51. The molecule has 1 saturated heterocycles. The number of pyridine rings is 1. The summed E-state index contributed by atoms with van der Waals surface area (Å²) in [4.78, 5) is 4.04. The molecule has 3 heteroatoms. The van der Waals surface area contributed by atoms with Crippen LogP contribution in [0.4, 0.5) is 0 Å². The molecule has 1 aliphatic heterocycles. The van der Waals surface area contributed by atoms with Crippen LogP contribution in [0.1, 0.15) is 18.4 Å². The van der Waals surface area contributed by atoms with Crippen molar-refractivity contribution in [1.29, 1.82) is 0 Å². The Hall–Kier alpha value is -1.09. The standard InChI is InChI=1S/C11H16N2O/c1-9-7-13-6-4-11(9)14-10-3-2-5-12-8-10/h4,6-7,10,12H,2-3,5,8H2,1H3/t10-/m0/s1. The first-order valence-corrected chi connectivity index (χ1v) is 5.14. The van der Waals surface area contributed by atoms with Crippen LogP contribution >= 0.6 is 0 Å². The summed E-state index contributed by atoms with van der Waals surface area (Å²) < 4.78 is 5.88. The van der Waals surface area contributed by atoms with Crippen molar-refractivity contribution in [2.45, 2.75) is 25.9 Å². The summed E-state index contributed by atoms with van der Waals surface area (Å²) in [5, 5.41) is 3.33. The Bertz CT molecular complexity index is 295. The number of nitrogens with one attached hydrogen (secondary N) is 1. The number of aromatic nitrogens is 1. The van der Waals surface area contributed by atoms with E-state index in [-0.39, 0.29) is 0 Å². The molecule has 0 aliphatic carbocycles. The molecular weight excluding hydrogens is 176 g/mol. The molecule has 0 bridgehead atoms. The summed E-state index contributed by atoms with van der Waals surface area (Å²) in [6.07, 6.45) is 6.29. The molecule has 14 heavy (non-hydrogen) atoms. The molecule has 1 aromatic rings. The fourth-order valence-electron chi connectivity index (χ4n) is 1.69. The highest BCUT2D eigenvalue weighted by molar-refractivity contribution is 5.28. The lowest BCUT2D eigenvalue weighted by atomic mass is 10.1. The molecule has 0 spiro atoms. The molecule has 0 radical (unpaired) electrons. The number of nitrogens with zero attached hydrogens (tertiary/aromatic N) is 1. The highest BCUT2D eigenvalue weighted by Gasteiger charge is 2.14. The molecular formula is C11H16N2O. The third-order valence-corrected chi connectivity index (χ3v) is 2.51. The van der Waals surface area contributed by atoms with E-state index in [4.69, 9.17) is 4.74 Å². The highest BCUT2D eigenvalue weighted by Crippen LogP contribution is 2.18. The largest absolute Gasteiger partial charge is 0.489 e. The van der Waals surface area contributed by atoms with Crippen LogP contribution in [0.15, 0.2) is 18.5 Å². The summed E-state index contributed by atoms with van der Waals surface area (Å²) in [7, 11) is 0. The van der Waals surface area contributed by atoms with Crippen molar-refractivity contribution in [2.75, 3.05) is 13.1 Å². The van der Waals surface area contributed by atoms with Gasteiger partial charge in [-0.05, 0) is 32.4 Å². The molecule has 1 fully saturated rings. The van der Waals surface area contributed by atoms with Gasteiger partial charge in [0.25, 0.3) is 0 Å². The number of hydrogen-bond acceptors (Lipinski definition) is 3. The van der Waals surface area contributed by atoms with E-state index in [1.807, 2.05) is 19.2 Å². The predicted octanol–water partition coefficient (Wildman–Crippen LogP) is 1.52. The number of rotatable bonds is 2. The van der Waals surface area contributed by atoms with E-state index in [1.54, 1.807) is 6.20 Å². The lowest BCUT2D eigenvalue weighted by Crippen LogP contribution is -2.37. The number of piperidine rings is 1. The molecule has 2 heterocycles. The van der Waals surface area contributed by atoms with E-state index in [0.29, 0.717) is 6.10 Å². The molecule has 0 aromatic carbocycles. The fraction of sp³-hybridized carbons (Fsp3) is 0.545. The minimum Gasteiger partial charge on any atom is -0.489 e. The second-order valence-electron chi connectivity index (χ2n) is 3.73. The number of aryl methyl sites for hydroxylation is 1. The van der Waals surface area contributed by atoms with Gasteiger partial charge in [-0.3, -0.25) is 4.98 Å². The first-order chi connectivity index (χ1) is 6.86. The van der Waals surface area contributed by atoms with Gasteiger partial charge in [-0.15, -0.1) is 0 Å². The first-order valence-electron chi connectivity index (χ1n) is 5.14. The molecule has 1 aliphatic rings. The predicted molar refractivity (Wildman–Crippen MR) is 55.5 cm³/mol. The van der Waals surface area contributed by atoms with Gasteiger partial charge in [-0.1, -0.05) is 0 Å². The molecule has 0 amide bonds. The second-order valence-corrected chi connectivity index (χ2v) is 3.73. The topological polar surface area (TPSA) is 34.1 Å². The summed E-state index contributed by atoms with van der Waals surface area (Å²) in [6.45, 7) is 4.11. The molecule has 1 aromatic heterocycles. The van der Waals surface area contributed by atoms with E-state index in [2.05, 4.69) is 10.3 Å². The quantitative estimate of drug-likeness (QED) is 0.771. The smallest absolute Gasteiger partial charge is 0.125 e. The van der Waals surface area contributed by atoms with Crippen molar-refractivity contribution in [1.82, 2.24) is 10.3 Å². The van der Waals surface area contributed by atoms with Gasteiger partial charge >= 0.3 is 0 Å². The Morgan fingerprint density at radius 3 is 3.21 bits per heavy atom. The van der Waals surface area contributed by atoms with Gasteiger partial charge in [0.1, 0.15) is 11.9 Å². The van der Waals surface area contributed by atoms with Gasteiger partial charge in [0.2, 0.25) is 0 Å². The zero-order chi connectivity index (χ0) is 9.80. The lowest BCUT2D eigenvalue weighted by molar-refractivity contribution is 0.166. The summed E-state index contributed by atoms with van der Waals surface area (Å²) in [5.74, 6) is 0.966. The van der Waals surface area contributed by atoms with Crippen molar-refractivity contribution < 1.29 is 4.74 Å². The van der Waals surface area contributed by atoms with Gasteiger partial charge in [0.15, 0.2) is 0 Å². The van der Waals surface area contributed by atoms with Crippen molar-refractivity contribution in [3.63, 3.8) is 0 Å². The second kappa shape index (κ2) is 4.42. The van der Waals surface area contributed by atoms with Gasteiger partial charge in [-0.25, -0.2) is 0 Å². The van der Waals surface area contributed by atoms with Crippen LogP contribution in [-0.4, -0.2) is 24.2 Å². The minimum atomic E-state index is 0.324. The third kappa shape index (κ3) is 2.23. The Morgan fingerprint density at radius 2 is 2.50 bits per heavy atom. The minimum absolute atomic E-state index is 0.324. The van der Waals surface area contributed by atoms with Crippen LogP contribution in [0.2, 0.25) is 0 Å². The van der Waals surface area contributed by atoms with Crippen LogP contribution in [0.3, 0.4) is 0 Å². The van der Waals surface area contributed by atoms with Gasteiger partial charge < -0.3 is 10.1 Å². The monoisotopic (exact) mass is 192 g/mol. The molecule has 0 saturated carbocycles. The van der Waals surface area contributed by atoms with E-state index in [1.165, 1.54) is 6.42 Å². The average molecular weight is 192 g/mol. The van der Waals surface area contributed by atoms with Crippen LogP contribution in [0.25, 0.3) is 0 Å². The number of ether oxygens (including phenoxy) is 1. The zero-order valence-electron chi connectivity index (χ0n) is 8.49. The van der Waals surface area contributed by atoms with Crippen LogP contribution in [0, 0.1) is 6.92 Å². The molecule has 2 rings (SSSR count). The lowest BCUT2D eigenvalue weighted by Gasteiger charge is -2.24. The van der Waals surface area contributed by atoms with Gasteiger partial charge in [0.05, 0.1) is 0 Å². The SMILES string of the molecule is Cc1cnccc1O[C@H]1CCCNC1. The fourth-order valence-corrected chi connectivity index (χ4v) is 1.69. The van der Waals surface area contributed by atoms with Gasteiger partial charge in [0, 0.05) is 24.5 Å². The Balaban J connectivity index is 1.99. The highest BCUT2D eigenvalue weighted by atomic mass is 16.5. The number of hydrogen-bond donors (Lipinski definition) is 1. The van der Waals surface area contributed by atoms with E-state index >= 15 is 0 Å². The molecule has 1 N–H and O–H groups in total. The maximum Gasteiger partial charge on any atom is 0.125 e. The maximum atomic E-state index is 5.88. The Labute approximate surface area is 84.5 Å². The Kier molecular flexibility index (Phi) is 2.99. The van der Waals surface area contributed by atoms with Crippen LogP contribution in [0.5, 0.6) is 5.75 Å². The van der Waals surface area contributed by atoms with Crippen molar-refractivity contribution in [3.05, 3.63) is 24.0 Å². The van der Waals surface area contributed by atoms with Crippen molar-refractivity contribution in [3.8, 4) is 5.75 Å². The summed E-state index contributed by atoms with van der Waals surface area (Å²) in [6, 6.07) is 1.93. The van der Waals surface area contributed by atoms with E-state index in [9.17, 15) is 0 Å². The maximum absolute atomic E-state index is 5.88. The first kappa shape index (κ1) is 9.46. The zero-order valence-corrected chi connectivity index (χ0v) is 8.49. The van der Waals surface area contributed by atoms with Crippen molar-refractivity contribution in [2.24, 2.45) is 0 Å². The van der Waals surface area contributed by atoms with Crippen molar-refractivity contribution >= 4 is 0 Å². The van der Waals surface area contributed by atoms with Crippen LogP contribution < -0.4 is 10.1 Å². The molecule has 1 atom stereocenters.